The molecule has 1 unspecified atom stereocenters. The summed E-state index contributed by atoms with van der Waals surface area (Å²) in [5.41, 5.74) is 5.94. The van der Waals surface area contributed by atoms with E-state index in [2.05, 4.69) is 24.5 Å². The van der Waals surface area contributed by atoms with Gasteiger partial charge in [-0.15, -0.1) is 0 Å². The summed E-state index contributed by atoms with van der Waals surface area (Å²) in [7, 11) is 0. The third-order valence-corrected chi connectivity index (χ3v) is 3.41. The number of nitrogens with two attached hydrogens (primary N) is 1. The molecule has 1 amide bonds. The molecule has 0 saturated carbocycles. The molecule has 0 saturated heterocycles. The number of hydrogen-bond acceptors (Lipinski definition) is 4. The van der Waals surface area contributed by atoms with Crippen molar-refractivity contribution >= 4 is 17.5 Å². The second kappa shape index (κ2) is 8.15. The van der Waals surface area contributed by atoms with Gasteiger partial charge >= 0.3 is 6.09 Å². The van der Waals surface area contributed by atoms with Crippen LogP contribution in [0.2, 0.25) is 0 Å². The lowest BCUT2D eigenvalue weighted by Gasteiger charge is -2.21. The summed E-state index contributed by atoms with van der Waals surface area (Å²) in [5, 5.41) is 5.66. The van der Waals surface area contributed by atoms with Gasteiger partial charge in [-0.05, 0) is 57.4 Å². The molecule has 0 radical (unpaired) electrons. The van der Waals surface area contributed by atoms with Crippen molar-refractivity contribution in [3.05, 3.63) is 24.0 Å². The Morgan fingerprint density at radius 2 is 2.00 bits per heavy atom. The first-order chi connectivity index (χ1) is 10.6. The van der Waals surface area contributed by atoms with Gasteiger partial charge < -0.3 is 15.8 Å². The average Bonchev–Trinajstić information content (AvgIpc) is 2.40. The smallest absolute Gasteiger partial charge is 0.412 e. The Bertz CT molecular complexity index is 527. The predicted molar refractivity (Wildman–Crippen MR) is 92.1 cm³/mol. The van der Waals surface area contributed by atoms with E-state index in [0.29, 0.717) is 30.4 Å². The fourth-order valence-electron chi connectivity index (χ4n) is 1.99. The van der Waals surface area contributed by atoms with E-state index in [1.54, 1.807) is 26.8 Å². The summed E-state index contributed by atoms with van der Waals surface area (Å²) in [6.07, 6.45) is -0.572. The highest BCUT2D eigenvalue weighted by Gasteiger charge is 2.17. The molecule has 0 aromatic heterocycles. The quantitative estimate of drug-likeness (QED) is 0.743. The molecule has 0 aliphatic heterocycles. The van der Waals surface area contributed by atoms with Gasteiger partial charge in [-0.3, -0.25) is 5.32 Å². The van der Waals surface area contributed by atoms with Gasteiger partial charge in [-0.1, -0.05) is 13.8 Å². The molecule has 130 valence electrons. The summed E-state index contributed by atoms with van der Waals surface area (Å²) in [6.45, 7) is 10.6. The van der Waals surface area contributed by atoms with Gasteiger partial charge in [0.05, 0.1) is 5.69 Å². The van der Waals surface area contributed by atoms with Crippen LogP contribution in [0.3, 0.4) is 0 Å². The number of anilines is 2. The molecular weight excluding hydrogens is 297 g/mol. The molecule has 0 fully saturated rings. The number of carbonyl (C=O) groups is 1. The zero-order chi connectivity index (χ0) is 17.6. The van der Waals surface area contributed by atoms with Crippen LogP contribution in [0.15, 0.2) is 18.2 Å². The molecule has 23 heavy (non-hydrogen) atoms. The maximum atomic E-state index is 13.9. The molecule has 0 aliphatic carbocycles. The number of hydrogen-bond donors (Lipinski definition) is 3. The minimum absolute atomic E-state index is 0.247. The van der Waals surface area contributed by atoms with Crippen molar-refractivity contribution in [2.75, 3.05) is 23.7 Å². The first-order valence-electron chi connectivity index (χ1n) is 7.86. The molecule has 1 aromatic rings. The molecule has 0 aliphatic rings. The Hall–Kier alpha value is -1.82. The van der Waals surface area contributed by atoms with E-state index in [1.807, 2.05) is 0 Å². The van der Waals surface area contributed by atoms with Crippen molar-refractivity contribution in [1.82, 2.24) is 0 Å². The Balaban J connectivity index is 2.73. The lowest BCUT2D eigenvalue weighted by molar-refractivity contribution is 0.0636. The van der Waals surface area contributed by atoms with Gasteiger partial charge in [-0.2, -0.15) is 0 Å². The lowest BCUT2D eigenvalue weighted by atomic mass is 9.96. The largest absolute Gasteiger partial charge is 0.444 e. The summed E-state index contributed by atoms with van der Waals surface area (Å²) in [4.78, 5) is 11.8. The van der Waals surface area contributed by atoms with Crippen molar-refractivity contribution in [3.63, 3.8) is 0 Å². The van der Waals surface area contributed by atoms with E-state index in [0.717, 1.165) is 0 Å². The number of carbonyl (C=O) groups excluding carboxylic acids is 1. The molecule has 0 bridgehead atoms. The Morgan fingerprint density at radius 3 is 2.52 bits per heavy atom. The molecule has 0 heterocycles. The zero-order valence-corrected chi connectivity index (χ0v) is 14.6. The van der Waals surface area contributed by atoms with Crippen LogP contribution < -0.4 is 16.4 Å². The second-order valence-electron chi connectivity index (χ2n) is 6.94. The SMILES string of the molecule is CC(C)C(CN)CNc1cc(NC(=O)OC(C)(C)C)ccc1F. The lowest BCUT2D eigenvalue weighted by Crippen LogP contribution is -2.28. The Labute approximate surface area is 137 Å². The molecule has 4 N–H and O–H groups in total. The van der Waals surface area contributed by atoms with E-state index in [4.69, 9.17) is 10.5 Å². The first kappa shape index (κ1) is 19.2. The maximum absolute atomic E-state index is 13.9. The predicted octanol–water partition coefficient (Wildman–Crippen LogP) is 3.82. The second-order valence-corrected chi connectivity index (χ2v) is 6.94. The van der Waals surface area contributed by atoms with Crippen LogP contribution in [-0.2, 0) is 4.74 Å². The zero-order valence-electron chi connectivity index (χ0n) is 14.6. The summed E-state index contributed by atoms with van der Waals surface area (Å²) in [6, 6.07) is 4.35. The monoisotopic (exact) mass is 325 g/mol. The number of ether oxygens (including phenoxy) is 1. The third-order valence-electron chi connectivity index (χ3n) is 3.41. The van der Waals surface area contributed by atoms with E-state index >= 15 is 0 Å². The van der Waals surface area contributed by atoms with Crippen molar-refractivity contribution in [1.29, 1.82) is 0 Å². The van der Waals surface area contributed by atoms with Crippen molar-refractivity contribution in [2.45, 2.75) is 40.2 Å². The number of amides is 1. The summed E-state index contributed by atoms with van der Waals surface area (Å²) in [5.74, 6) is 0.273. The Kier molecular flexibility index (Phi) is 6.81. The summed E-state index contributed by atoms with van der Waals surface area (Å²) < 4.78 is 19.1. The molecule has 6 heteroatoms. The average molecular weight is 325 g/mol. The number of rotatable bonds is 6. The molecule has 1 rings (SSSR count). The fourth-order valence-corrected chi connectivity index (χ4v) is 1.99. The van der Waals surface area contributed by atoms with E-state index in [-0.39, 0.29) is 11.7 Å². The normalized spacial score (nSPS) is 12.9. The number of halogens is 1. The third kappa shape index (κ3) is 6.86. The first-order valence-corrected chi connectivity index (χ1v) is 7.86. The highest BCUT2D eigenvalue weighted by molar-refractivity contribution is 5.85. The van der Waals surface area contributed by atoms with Crippen LogP contribution in [0.25, 0.3) is 0 Å². The number of nitrogens with one attached hydrogen (secondary N) is 2. The van der Waals surface area contributed by atoms with Gasteiger partial charge in [0.1, 0.15) is 11.4 Å². The highest BCUT2D eigenvalue weighted by atomic mass is 19.1. The molecule has 0 spiro atoms. The van der Waals surface area contributed by atoms with Crippen LogP contribution in [0.4, 0.5) is 20.6 Å². The fraction of sp³-hybridized carbons (Fsp3) is 0.588. The maximum Gasteiger partial charge on any atom is 0.412 e. The minimum atomic E-state index is -0.587. The number of benzene rings is 1. The van der Waals surface area contributed by atoms with Crippen LogP contribution in [0.5, 0.6) is 0 Å². The van der Waals surface area contributed by atoms with Crippen LogP contribution >= 0.6 is 0 Å². The van der Waals surface area contributed by atoms with Gasteiger partial charge in [0.15, 0.2) is 0 Å². The van der Waals surface area contributed by atoms with Gasteiger partial charge in [0, 0.05) is 12.2 Å². The van der Waals surface area contributed by atoms with Crippen LogP contribution in [-0.4, -0.2) is 24.8 Å². The van der Waals surface area contributed by atoms with Crippen molar-refractivity contribution < 1.29 is 13.9 Å². The van der Waals surface area contributed by atoms with E-state index < -0.39 is 11.7 Å². The highest BCUT2D eigenvalue weighted by Crippen LogP contribution is 2.21. The van der Waals surface area contributed by atoms with Gasteiger partial charge in [0.2, 0.25) is 0 Å². The van der Waals surface area contributed by atoms with E-state index in [1.165, 1.54) is 12.1 Å². The molecular formula is C17H28FN3O2. The van der Waals surface area contributed by atoms with E-state index in [9.17, 15) is 9.18 Å². The topological polar surface area (TPSA) is 76.4 Å². The van der Waals surface area contributed by atoms with Gasteiger partial charge in [-0.25, -0.2) is 9.18 Å². The minimum Gasteiger partial charge on any atom is -0.444 e. The van der Waals surface area contributed by atoms with Crippen molar-refractivity contribution in [3.8, 4) is 0 Å². The van der Waals surface area contributed by atoms with Crippen LogP contribution in [0, 0.1) is 17.7 Å². The van der Waals surface area contributed by atoms with Crippen LogP contribution in [0.1, 0.15) is 34.6 Å². The van der Waals surface area contributed by atoms with Crippen molar-refractivity contribution in [2.24, 2.45) is 17.6 Å². The molecule has 1 aromatic carbocycles. The standard InChI is InChI=1S/C17H28FN3O2/c1-11(2)12(9-19)10-20-15-8-13(6-7-14(15)18)21-16(22)23-17(3,4)5/h6-8,11-12,20H,9-10,19H2,1-5H3,(H,21,22). The molecule has 1 atom stereocenters. The Morgan fingerprint density at radius 1 is 1.35 bits per heavy atom. The summed E-state index contributed by atoms with van der Waals surface area (Å²) >= 11 is 0. The van der Waals surface area contributed by atoms with Gasteiger partial charge in [0.25, 0.3) is 0 Å². The molecule has 5 nitrogen and oxygen atoms in total.